The zero-order valence-electron chi connectivity index (χ0n) is 11.9. The molecule has 0 amide bonds. The number of unbranched alkanes of at least 4 members (excludes halogenated alkanes) is 3. The van der Waals surface area contributed by atoms with Gasteiger partial charge in [-0.25, -0.2) is 9.78 Å². The van der Waals surface area contributed by atoms with Crippen LogP contribution in [0.5, 0.6) is 0 Å². The van der Waals surface area contributed by atoms with Gasteiger partial charge in [0, 0.05) is 6.54 Å². The fourth-order valence-corrected chi connectivity index (χ4v) is 1.90. The van der Waals surface area contributed by atoms with Gasteiger partial charge in [0.05, 0.1) is 0 Å². The Balaban J connectivity index is 2.15. The molecule has 0 aliphatic rings. The number of pyridine rings is 1. The summed E-state index contributed by atoms with van der Waals surface area (Å²) in [6.45, 7) is 5.35. The number of aromatic nitrogens is 1. The third-order valence-electron chi connectivity index (χ3n) is 2.98. The van der Waals surface area contributed by atoms with Gasteiger partial charge in [-0.2, -0.15) is 0 Å². The van der Waals surface area contributed by atoms with Crippen LogP contribution < -0.4 is 5.32 Å². The maximum Gasteiger partial charge on any atom is 0.354 e. The summed E-state index contributed by atoms with van der Waals surface area (Å²) < 4.78 is 0. The third-order valence-corrected chi connectivity index (χ3v) is 2.98. The summed E-state index contributed by atoms with van der Waals surface area (Å²) in [4.78, 5) is 14.8. The van der Waals surface area contributed by atoms with Crippen molar-refractivity contribution in [2.24, 2.45) is 5.92 Å². The Morgan fingerprint density at radius 1 is 1.26 bits per heavy atom. The molecule has 19 heavy (non-hydrogen) atoms. The van der Waals surface area contributed by atoms with Crippen LogP contribution >= 0.6 is 0 Å². The molecule has 0 aromatic carbocycles. The maximum atomic E-state index is 10.8. The van der Waals surface area contributed by atoms with Crippen LogP contribution in [-0.4, -0.2) is 22.6 Å². The lowest BCUT2D eigenvalue weighted by molar-refractivity contribution is 0.0690. The van der Waals surface area contributed by atoms with Gasteiger partial charge in [-0.3, -0.25) is 0 Å². The Bertz CT molecular complexity index is 391. The van der Waals surface area contributed by atoms with E-state index in [-0.39, 0.29) is 5.69 Å². The van der Waals surface area contributed by atoms with Gasteiger partial charge in [-0.05, 0) is 24.5 Å². The molecule has 1 rings (SSSR count). The van der Waals surface area contributed by atoms with Crippen molar-refractivity contribution >= 4 is 11.8 Å². The van der Waals surface area contributed by atoms with Gasteiger partial charge < -0.3 is 10.4 Å². The molecule has 4 nitrogen and oxygen atoms in total. The molecule has 1 heterocycles. The summed E-state index contributed by atoms with van der Waals surface area (Å²) in [5.74, 6) is 0.445. The van der Waals surface area contributed by atoms with Crippen molar-refractivity contribution in [2.75, 3.05) is 11.9 Å². The van der Waals surface area contributed by atoms with E-state index in [4.69, 9.17) is 5.11 Å². The van der Waals surface area contributed by atoms with Crippen LogP contribution in [0.15, 0.2) is 18.2 Å². The lowest BCUT2D eigenvalue weighted by Gasteiger charge is -2.07. The second-order valence-electron chi connectivity index (χ2n) is 5.24. The molecule has 0 radical (unpaired) electrons. The highest BCUT2D eigenvalue weighted by Gasteiger charge is 2.04. The molecule has 0 saturated carbocycles. The number of nitrogens with zero attached hydrogens (tertiary/aromatic N) is 1. The highest BCUT2D eigenvalue weighted by molar-refractivity contribution is 5.85. The van der Waals surface area contributed by atoms with E-state index in [0.29, 0.717) is 5.82 Å². The summed E-state index contributed by atoms with van der Waals surface area (Å²) in [7, 11) is 0. The quantitative estimate of drug-likeness (QED) is 0.666. The molecule has 0 aliphatic carbocycles. The molecule has 0 atom stereocenters. The van der Waals surface area contributed by atoms with Crippen LogP contribution in [0.3, 0.4) is 0 Å². The standard InChI is InChI=1S/C15H24N2O2/c1-12(2)8-5-3-4-6-11-16-14-10-7-9-13(17-14)15(18)19/h7,9-10,12H,3-6,8,11H2,1-2H3,(H,16,17)(H,18,19). The molecule has 2 N–H and O–H groups in total. The average molecular weight is 264 g/mol. The van der Waals surface area contributed by atoms with Crippen LogP contribution in [0.4, 0.5) is 5.82 Å². The lowest BCUT2D eigenvalue weighted by atomic mass is 10.0. The number of carboxylic acid groups (broad SMARTS) is 1. The Labute approximate surface area is 115 Å². The predicted molar refractivity (Wildman–Crippen MR) is 77.6 cm³/mol. The monoisotopic (exact) mass is 264 g/mol. The second-order valence-corrected chi connectivity index (χ2v) is 5.24. The first-order valence-corrected chi connectivity index (χ1v) is 7.04. The van der Waals surface area contributed by atoms with Crippen LogP contribution in [0, 0.1) is 5.92 Å². The van der Waals surface area contributed by atoms with E-state index in [0.717, 1.165) is 18.9 Å². The van der Waals surface area contributed by atoms with E-state index >= 15 is 0 Å². The lowest BCUT2D eigenvalue weighted by Crippen LogP contribution is -2.06. The van der Waals surface area contributed by atoms with E-state index in [1.54, 1.807) is 12.1 Å². The van der Waals surface area contributed by atoms with Crippen molar-refractivity contribution in [2.45, 2.75) is 46.0 Å². The SMILES string of the molecule is CC(C)CCCCCCNc1cccc(C(=O)O)n1. The minimum Gasteiger partial charge on any atom is -0.477 e. The summed E-state index contributed by atoms with van der Waals surface area (Å²) in [6, 6.07) is 5.01. The molecular weight excluding hydrogens is 240 g/mol. The molecule has 0 bridgehead atoms. The number of hydrogen-bond acceptors (Lipinski definition) is 3. The second kappa shape index (κ2) is 8.51. The molecular formula is C15H24N2O2. The highest BCUT2D eigenvalue weighted by atomic mass is 16.4. The van der Waals surface area contributed by atoms with Crippen LogP contribution in [0.25, 0.3) is 0 Å². The first-order valence-electron chi connectivity index (χ1n) is 7.04. The van der Waals surface area contributed by atoms with Gasteiger partial charge in [-0.15, -0.1) is 0 Å². The van der Waals surface area contributed by atoms with Crippen molar-refractivity contribution in [3.63, 3.8) is 0 Å². The fraction of sp³-hybridized carbons (Fsp3) is 0.600. The normalized spacial score (nSPS) is 10.7. The molecule has 0 spiro atoms. The summed E-state index contributed by atoms with van der Waals surface area (Å²) >= 11 is 0. The highest BCUT2D eigenvalue weighted by Crippen LogP contribution is 2.10. The van der Waals surface area contributed by atoms with Gasteiger partial charge in [0.15, 0.2) is 5.69 Å². The summed E-state index contributed by atoms with van der Waals surface area (Å²) in [5.41, 5.74) is 0.0851. The average Bonchev–Trinajstić information content (AvgIpc) is 2.37. The van der Waals surface area contributed by atoms with E-state index in [1.165, 1.54) is 31.7 Å². The summed E-state index contributed by atoms with van der Waals surface area (Å²) in [6.07, 6.45) is 6.16. The molecule has 4 heteroatoms. The smallest absolute Gasteiger partial charge is 0.354 e. The summed E-state index contributed by atoms with van der Waals surface area (Å²) in [5, 5.41) is 12.0. The van der Waals surface area contributed by atoms with Crippen LogP contribution in [0.1, 0.15) is 56.4 Å². The fourth-order valence-electron chi connectivity index (χ4n) is 1.90. The molecule has 0 aliphatic heterocycles. The minimum atomic E-state index is -0.989. The van der Waals surface area contributed by atoms with Gasteiger partial charge in [0.2, 0.25) is 0 Å². The van der Waals surface area contributed by atoms with E-state index < -0.39 is 5.97 Å². The largest absolute Gasteiger partial charge is 0.477 e. The Kier molecular flexibility index (Phi) is 6.93. The van der Waals surface area contributed by atoms with Crippen molar-refractivity contribution in [1.29, 1.82) is 0 Å². The van der Waals surface area contributed by atoms with Crippen molar-refractivity contribution in [3.8, 4) is 0 Å². The number of rotatable bonds is 9. The number of carboxylic acids is 1. The maximum absolute atomic E-state index is 10.8. The van der Waals surface area contributed by atoms with E-state index in [9.17, 15) is 4.79 Å². The molecule has 0 saturated heterocycles. The van der Waals surface area contributed by atoms with Crippen molar-refractivity contribution < 1.29 is 9.90 Å². The van der Waals surface area contributed by atoms with E-state index in [1.807, 2.05) is 0 Å². The number of carbonyl (C=O) groups is 1. The first-order chi connectivity index (χ1) is 9.09. The van der Waals surface area contributed by atoms with E-state index in [2.05, 4.69) is 24.1 Å². The van der Waals surface area contributed by atoms with Gasteiger partial charge in [0.1, 0.15) is 5.82 Å². The third kappa shape index (κ3) is 6.79. The van der Waals surface area contributed by atoms with Gasteiger partial charge >= 0.3 is 5.97 Å². The van der Waals surface area contributed by atoms with Crippen LogP contribution in [-0.2, 0) is 0 Å². The zero-order valence-corrected chi connectivity index (χ0v) is 11.9. The van der Waals surface area contributed by atoms with Gasteiger partial charge in [-0.1, -0.05) is 45.6 Å². The number of nitrogens with one attached hydrogen (secondary N) is 1. The topological polar surface area (TPSA) is 62.2 Å². The van der Waals surface area contributed by atoms with Crippen LogP contribution in [0.2, 0.25) is 0 Å². The predicted octanol–water partition coefficient (Wildman–Crippen LogP) is 3.80. The van der Waals surface area contributed by atoms with Gasteiger partial charge in [0.25, 0.3) is 0 Å². The van der Waals surface area contributed by atoms with Crippen molar-refractivity contribution in [1.82, 2.24) is 4.98 Å². The molecule has 1 aromatic heterocycles. The number of anilines is 1. The zero-order chi connectivity index (χ0) is 14.1. The minimum absolute atomic E-state index is 0.0851. The molecule has 0 fully saturated rings. The number of aromatic carboxylic acids is 1. The Morgan fingerprint density at radius 2 is 2.00 bits per heavy atom. The molecule has 0 unspecified atom stereocenters. The molecule has 106 valence electrons. The first kappa shape index (κ1) is 15.5. The Morgan fingerprint density at radius 3 is 2.68 bits per heavy atom. The Hall–Kier alpha value is -1.58. The number of hydrogen-bond donors (Lipinski definition) is 2. The van der Waals surface area contributed by atoms with Crippen molar-refractivity contribution in [3.05, 3.63) is 23.9 Å². The molecule has 1 aromatic rings.